The van der Waals surface area contributed by atoms with Crippen molar-refractivity contribution in [3.63, 3.8) is 0 Å². The summed E-state index contributed by atoms with van der Waals surface area (Å²) in [5.74, 6) is 1.04. The number of ether oxygens (including phenoxy) is 2. The first-order valence-corrected chi connectivity index (χ1v) is 8.34. The van der Waals surface area contributed by atoms with Gasteiger partial charge in [0.15, 0.2) is 0 Å². The number of halogens is 1. The summed E-state index contributed by atoms with van der Waals surface area (Å²) in [5, 5.41) is 0. The van der Waals surface area contributed by atoms with Crippen molar-refractivity contribution < 1.29 is 14.3 Å². The van der Waals surface area contributed by atoms with Crippen LogP contribution >= 0.6 is 12.4 Å². The second-order valence-electron chi connectivity index (χ2n) is 5.68. The van der Waals surface area contributed by atoms with Crippen LogP contribution in [0, 0.1) is 5.92 Å². The minimum absolute atomic E-state index is 0. The van der Waals surface area contributed by atoms with Gasteiger partial charge in [-0.3, -0.25) is 9.69 Å². The molecule has 0 saturated carbocycles. The maximum atomic E-state index is 11.7. The number of esters is 1. The van der Waals surface area contributed by atoms with Gasteiger partial charge in [-0.1, -0.05) is 25.1 Å². The molecule has 0 radical (unpaired) electrons. The molecule has 1 aromatic rings. The van der Waals surface area contributed by atoms with E-state index in [1.807, 2.05) is 25.1 Å². The van der Waals surface area contributed by atoms with E-state index in [1.165, 1.54) is 5.56 Å². The van der Waals surface area contributed by atoms with Gasteiger partial charge in [0.25, 0.3) is 0 Å². The smallest absolute Gasteiger partial charge is 0.309 e. The molecule has 0 spiro atoms. The van der Waals surface area contributed by atoms with E-state index in [4.69, 9.17) is 9.47 Å². The van der Waals surface area contributed by atoms with Crippen molar-refractivity contribution in [3.8, 4) is 5.75 Å². The Bertz CT molecular complexity index is 473. The molecular weight excluding hydrogens is 314 g/mol. The van der Waals surface area contributed by atoms with Crippen molar-refractivity contribution >= 4 is 18.4 Å². The molecule has 130 valence electrons. The summed E-state index contributed by atoms with van der Waals surface area (Å²) >= 11 is 0. The second-order valence-corrected chi connectivity index (χ2v) is 5.68. The Kier molecular flexibility index (Phi) is 9.03. The fourth-order valence-corrected chi connectivity index (χ4v) is 2.87. The zero-order chi connectivity index (χ0) is 15.8. The summed E-state index contributed by atoms with van der Waals surface area (Å²) in [7, 11) is 0. The molecule has 0 bridgehead atoms. The third kappa shape index (κ3) is 6.04. The van der Waals surface area contributed by atoms with Crippen LogP contribution in [0.15, 0.2) is 24.3 Å². The van der Waals surface area contributed by atoms with Gasteiger partial charge >= 0.3 is 5.97 Å². The number of carbonyl (C=O) groups excluding carboxylic acids is 1. The van der Waals surface area contributed by atoms with Crippen LogP contribution < -0.4 is 4.74 Å². The molecule has 0 unspecified atom stereocenters. The molecule has 23 heavy (non-hydrogen) atoms. The summed E-state index contributed by atoms with van der Waals surface area (Å²) in [5.41, 5.74) is 1.25. The van der Waals surface area contributed by atoms with E-state index in [1.54, 1.807) is 0 Å². The summed E-state index contributed by atoms with van der Waals surface area (Å²) in [6.07, 6.45) is 2.77. The molecule has 2 rings (SSSR count). The first-order chi connectivity index (χ1) is 10.7. The molecule has 0 aromatic heterocycles. The zero-order valence-electron chi connectivity index (χ0n) is 14.1. The van der Waals surface area contributed by atoms with Gasteiger partial charge in [0.2, 0.25) is 0 Å². The van der Waals surface area contributed by atoms with Crippen molar-refractivity contribution in [1.82, 2.24) is 4.90 Å². The number of piperidine rings is 1. The molecule has 0 amide bonds. The Hall–Kier alpha value is -1.26. The van der Waals surface area contributed by atoms with Crippen LogP contribution in [0.4, 0.5) is 0 Å². The maximum absolute atomic E-state index is 11.7. The highest BCUT2D eigenvalue weighted by Crippen LogP contribution is 2.20. The minimum atomic E-state index is -0.0322. The Labute approximate surface area is 145 Å². The van der Waals surface area contributed by atoms with Gasteiger partial charge in [-0.05, 0) is 50.9 Å². The molecule has 1 aromatic carbocycles. The lowest BCUT2D eigenvalue weighted by Gasteiger charge is -2.30. The van der Waals surface area contributed by atoms with E-state index in [-0.39, 0.29) is 24.3 Å². The van der Waals surface area contributed by atoms with Gasteiger partial charge in [-0.25, -0.2) is 0 Å². The Morgan fingerprint density at radius 2 is 1.91 bits per heavy atom. The van der Waals surface area contributed by atoms with Crippen molar-refractivity contribution in [2.24, 2.45) is 5.92 Å². The van der Waals surface area contributed by atoms with Crippen LogP contribution in [0.2, 0.25) is 0 Å². The molecule has 4 nitrogen and oxygen atoms in total. The molecule has 1 heterocycles. The third-order valence-electron chi connectivity index (χ3n) is 4.23. The number of hydrogen-bond acceptors (Lipinski definition) is 4. The topological polar surface area (TPSA) is 38.8 Å². The molecule has 5 heteroatoms. The van der Waals surface area contributed by atoms with Crippen LogP contribution in [-0.4, -0.2) is 43.7 Å². The summed E-state index contributed by atoms with van der Waals surface area (Å²) in [6.45, 7) is 7.98. The average molecular weight is 342 g/mol. The highest BCUT2D eigenvalue weighted by Gasteiger charge is 2.25. The number of para-hydroxylation sites is 1. The summed E-state index contributed by atoms with van der Waals surface area (Å²) < 4.78 is 11.0. The van der Waals surface area contributed by atoms with Gasteiger partial charge in [0.1, 0.15) is 12.4 Å². The maximum Gasteiger partial charge on any atom is 0.309 e. The van der Waals surface area contributed by atoms with E-state index in [0.29, 0.717) is 13.2 Å². The number of likely N-dealkylation sites (tertiary alicyclic amines) is 1. The molecule has 0 atom stereocenters. The predicted octanol–water partition coefficient (Wildman–Crippen LogP) is 3.32. The number of rotatable bonds is 7. The van der Waals surface area contributed by atoms with Crippen LogP contribution in [0.25, 0.3) is 0 Å². The molecule has 0 aliphatic carbocycles. The van der Waals surface area contributed by atoms with E-state index in [2.05, 4.69) is 17.9 Å². The highest BCUT2D eigenvalue weighted by molar-refractivity contribution is 5.85. The number of benzene rings is 1. The lowest BCUT2D eigenvalue weighted by Crippen LogP contribution is -2.39. The average Bonchev–Trinajstić information content (AvgIpc) is 2.56. The Morgan fingerprint density at radius 1 is 1.22 bits per heavy atom. The molecule has 1 saturated heterocycles. The normalized spacial score (nSPS) is 15.7. The molecular formula is C18H28ClNO3. The summed E-state index contributed by atoms with van der Waals surface area (Å²) in [4.78, 5) is 14.1. The van der Waals surface area contributed by atoms with Crippen molar-refractivity contribution in [1.29, 1.82) is 0 Å². The van der Waals surface area contributed by atoms with Gasteiger partial charge in [0, 0.05) is 6.54 Å². The SMILES string of the molecule is CCOC(=O)C1CCN(CCOc2ccccc2CC)CC1.Cl. The predicted molar refractivity (Wildman–Crippen MR) is 94.4 cm³/mol. The highest BCUT2D eigenvalue weighted by atomic mass is 35.5. The van der Waals surface area contributed by atoms with E-state index in [9.17, 15) is 4.79 Å². The fourth-order valence-electron chi connectivity index (χ4n) is 2.87. The number of hydrogen-bond donors (Lipinski definition) is 0. The first-order valence-electron chi connectivity index (χ1n) is 8.34. The van der Waals surface area contributed by atoms with Crippen LogP contribution in [0.1, 0.15) is 32.3 Å². The van der Waals surface area contributed by atoms with Crippen LogP contribution in [-0.2, 0) is 16.0 Å². The van der Waals surface area contributed by atoms with E-state index < -0.39 is 0 Å². The van der Waals surface area contributed by atoms with Crippen LogP contribution in [0.3, 0.4) is 0 Å². The third-order valence-corrected chi connectivity index (χ3v) is 4.23. The van der Waals surface area contributed by atoms with Crippen molar-refractivity contribution in [2.45, 2.75) is 33.1 Å². The number of nitrogens with zero attached hydrogens (tertiary/aromatic N) is 1. The lowest BCUT2D eigenvalue weighted by atomic mass is 9.97. The standard InChI is InChI=1S/C18H27NO3.ClH/c1-3-15-7-5-6-8-17(15)22-14-13-19-11-9-16(10-12-19)18(20)21-4-2;/h5-8,16H,3-4,9-14H2,1-2H3;1H. The van der Waals surface area contributed by atoms with Gasteiger partial charge in [-0.2, -0.15) is 0 Å². The first kappa shape index (κ1) is 19.8. The van der Waals surface area contributed by atoms with Crippen molar-refractivity contribution in [2.75, 3.05) is 32.8 Å². The lowest BCUT2D eigenvalue weighted by molar-refractivity contribution is -0.149. The molecule has 1 aliphatic rings. The van der Waals surface area contributed by atoms with Gasteiger partial charge in [-0.15, -0.1) is 12.4 Å². The molecule has 1 fully saturated rings. The van der Waals surface area contributed by atoms with Crippen LogP contribution in [0.5, 0.6) is 5.75 Å². The van der Waals surface area contributed by atoms with E-state index >= 15 is 0 Å². The van der Waals surface area contributed by atoms with Gasteiger partial charge in [0.05, 0.1) is 12.5 Å². The van der Waals surface area contributed by atoms with Gasteiger partial charge < -0.3 is 9.47 Å². The largest absolute Gasteiger partial charge is 0.492 e. The van der Waals surface area contributed by atoms with E-state index in [0.717, 1.165) is 44.6 Å². The minimum Gasteiger partial charge on any atom is -0.492 e. The molecule has 1 aliphatic heterocycles. The Balaban J connectivity index is 0.00000264. The molecule has 0 N–H and O–H groups in total. The summed E-state index contributed by atoms with van der Waals surface area (Å²) in [6, 6.07) is 8.21. The Morgan fingerprint density at radius 3 is 2.57 bits per heavy atom. The zero-order valence-corrected chi connectivity index (χ0v) is 14.9. The number of aryl methyl sites for hydroxylation is 1. The quantitative estimate of drug-likeness (QED) is 0.713. The fraction of sp³-hybridized carbons (Fsp3) is 0.611. The number of carbonyl (C=O) groups is 1. The van der Waals surface area contributed by atoms with Crippen molar-refractivity contribution in [3.05, 3.63) is 29.8 Å². The second kappa shape index (κ2) is 10.5. The monoisotopic (exact) mass is 341 g/mol.